The molecule has 0 fully saturated rings. The number of allylic oxidation sites excluding steroid dienone is 2. The smallest absolute Gasteiger partial charge is 0.335 e. The Kier molecular flexibility index (Phi) is 9.02. The topological polar surface area (TPSA) is 99.8 Å². The summed E-state index contributed by atoms with van der Waals surface area (Å²) in [5.74, 6) is -0.337. The molecule has 206 valence electrons. The van der Waals surface area contributed by atoms with E-state index in [1.165, 1.54) is 0 Å². The van der Waals surface area contributed by atoms with Crippen LogP contribution in [0.25, 0.3) is 27.9 Å². The van der Waals surface area contributed by atoms with E-state index in [4.69, 9.17) is 10.2 Å². The molecular formula is C32H40N3O4+. The van der Waals surface area contributed by atoms with Crippen LogP contribution in [0.5, 0.6) is 0 Å². The van der Waals surface area contributed by atoms with Crippen molar-refractivity contribution in [3.8, 4) is 11.3 Å². The lowest BCUT2D eigenvalue weighted by Crippen LogP contribution is -2.21. The Balaban J connectivity index is 1.83. The minimum Gasteiger partial charge on any atom is -0.478 e. The Bertz CT molecular complexity index is 1470. The zero-order chi connectivity index (χ0) is 28.1. The Morgan fingerprint density at radius 1 is 1.03 bits per heavy atom. The van der Waals surface area contributed by atoms with E-state index in [9.17, 15) is 14.7 Å². The van der Waals surface area contributed by atoms with Crippen molar-refractivity contribution in [1.82, 2.24) is 4.58 Å². The third-order valence-corrected chi connectivity index (χ3v) is 7.56. The lowest BCUT2D eigenvalue weighted by Gasteiger charge is -2.19. The summed E-state index contributed by atoms with van der Waals surface area (Å²) in [6.45, 7) is 0.677. The summed E-state index contributed by atoms with van der Waals surface area (Å²) in [4.78, 5) is 27.6. The van der Waals surface area contributed by atoms with Gasteiger partial charge in [-0.1, -0.05) is 25.0 Å². The van der Waals surface area contributed by atoms with E-state index in [1.54, 1.807) is 6.08 Å². The standard InChI is InChI=1S/C32H39N3O4/c1-34(2)22-12-16-26-29(19-22)39-30-20-23(35(3)4)13-17-27(30)31(26)24-14-10-21(11-15-25(24)32(37)38)28(36)9-7-5-6-8-18-33/h12-17,19-21H,5-11,18,33H2,1-4H3/p+1. The van der Waals surface area contributed by atoms with Crippen LogP contribution in [-0.2, 0) is 9.59 Å². The van der Waals surface area contributed by atoms with E-state index in [0.29, 0.717) is 42.7 Å². The van der Waals surface area contributed by atoms with Crippen molar-refractivity contribution in [3.63, 3.8) is 0 Å². The summed E-state index contributed by atoms with van der Waals surface area (Å²) in [6.07, 6.45) is 8.99. The Morgan fingerprint density at radius 3 is 2.46 bits per heavy atom. The van der Waals surface area contributed by atoms with E-state index >= 15 is 0 Å². The molecule has 1 atom stereocenters. The highest BCUT2D eigenvalue weighted by Gasteiger charge is 2.28. The van der Waals surface area contributed by atoms with Crippen LogP contribution in [0.15, 0.2) is 58.5 Å². The average molecular weight is 531 g/mol. The fourth-order valence-electron chi connectivity index (χ4n) is 5.25. The second-order valence-electron chi connectivity index (χ2n) is 10.8. The number of Topliss-reactive ketones (excluding diaryl/α,β-unsaturated/α-hetero) is 1. The number of nitrogens with two attached hydrogens (primary N) is 1. The molecule has 1 unspecified atom stereocenters. The van der Waals surface area contributed by atoms with E-state index in [0.717, 1.165) is 53.2 Å². The van der Waals surface area contributed by atoms with Crippen molar-refractivity contribution >= 4 is 34.0 Å². The molecule has 0 aromatic heterocycles. The average Bonchev–Trinajstić information content (AvgIpc) is 3.14. The zero-order valence-electron chi connectivity index (χ0n) is 23.5. The number of carbonyl (C=O) groups is 2. The van der Waals surface area contributed by atoms with Gasteiger partial charge >= 0.3 is 5.97 Å². The third kappa shape index (κ3) is 6.31. The third-order valence-electron chi connectivity index (χ3n) is 7.56. The molecule has 7 heteroatoms. The summed E-state index contributed by atoms with van der Waals surface area (Å²) in [5, 5.41) is 12.1. The molecule has 0 saturated heterocycles. The first-order valence-electron chi connectivity index (χ1n) is 13.8. The van der Waals surface area contributed by atoms with E-state index < -0.39 is 5.97 Å². The van der Waals surface area contributed by atoms with Crippen molar-refractivity contribution in [3.05, 3.63) is 65.0 Å². The molecule has 2 aliphatic carbocycles. The molecule has 39 heavy (non-hydrogen) atoms. The van der Waals surface area contributed by atoms with Crippen molar-refractivity contribution in [1.29, 1.82) is 0 Å². The van der Waals surface area contributed by atoms with Gasteiger partial charge in [0.15, 0.2) is 0 Å². The van der Waals surface area contributed by atoms with Crippen LogP contribution in [0, 0.1) is 5.92 Å². The maximum Gasteiger partial charge on any atom is 0.335 e. The van der Waals surface area contributed by atoms with E-state index in [2.05, 4.69) is 0 Å². The second kappa shape index (κ2) is 12.4. The summed E-state index contributed by atoms with van der Waals surface area (Å²) in [6, 6.07) is 12.0. The number of nitrogens with zero attached hydrogens (tertiary/aromatic N) is 2. The molecule has 7 nitrogen and oxygen atoms in total. The Morgan fingerprint density at radius 2 is 1.77 bits per heavy atom. The lowest BCUT2D eigenvalue weighted by molar-refractivity contribution is -0.132. The number of hydrogen-bond donors (Lipinski definition) is 2. The van der Waals surface area contributed by atoms with Gasteiger partial charge in [0.25, 0.3) is 0 Å². The second-order valence-corrected chi connectivity index (χ2v) is 10.8. The number of anilines is 1. The zero-order valence-corrected chi connectivity index (χ0v) is 23.5. The fourth-order valence-corrected chi connectivity index (χ4v) is 5.25. The Hall–Kier alpha value is -3.71. The number of carboxylic acids is 1. The molecule has 4 rings (SSSR count). The van der Waals surface area contributed by atoms with Crippen LogP contribution in [-0.4, -0.2) is 51.6 Å². The number of ketones is 1. The van der Waals surface area contributed by atoms with Gasteiger partial charge in [0.05, 0.1) is 11.6 Å². The van der Waals surface area contributed by atoms with Crippen molar-refractivity contribution in [2.45, 2.75) is 44.9 Å². The highest BCUT2D eigenvalue weighted by Crippen LogP contribution is 2.42. The first-order chi connectivity index (χ1) is 18.7. The molecule has 0 amide bonds. The number of hydrogen-bond acceptors (Lipinski definition) is 5. The maximum atomic E-state index is 13.1. The lowest BCUT2D eigenvalue weighted by atomic mass is 9.88. The fraction of sp³-hybridized carbons (Fsp3) is 0.406. The molecule has 1 heterocycles. The van der Waals surface area contributed by atoms with Crippen LogP contribution < -0.4 is 20.6 Å². The largest absolute Gasteiger partial charge is 0.478 e. The summed E-state index contributed by atoms with van der Waals surface area (Å²) in [5.41, 5.74) is 9.78. The number of benzene rings is 2. The van der Waals surface area contributed by atoms with Crippen LogP contribution in [0.3, 0.4) is 0 Å². The van der Waals surface area contributed by atoms with Gasteiger partial charge in [-0.05, 0) is 56.0 Å². The van der Waals surface area contributed by atoms with Crippen LogP contribution in [0.2, 0.25) is 0 Å². The molecule has 3 aliphatic rings. The van der Waals surface area contributed by atoms with Gasteiger partial charge < -0.3 is 20.2 Å². The van der Waals surface area contributed by atoms with Gasteiger partial charge in [0.1, 0.15) is 31.2 Å². The number of fused-ring (bicyclic) bond motifs is 2. The normalized spacial score (nSPS) is 15.6. The van der Waals surface area contributed by atoms with Gasteiger partial charge in [-0.3, -0.25) is 4.79 Å². The van der Waals surface area contributed by atoms with Crippen LogP contribution in [0.1, 0.15) is 50.5 Å². The number of carbonyl (C=O) groups excluding carboxylic acids is 1. The molecule has 0 spiro atoms. The molecule has 1 aromatic carbocycles. The molecular weight excluding hydrogens is 490 g/mol. The van der Waals surface area contributed by atoms with Gasteiger partial charge in [0.2, 0.25) is 5.36 Å². The van der Waals surface area contributed by atoms with Gasteiger partial charge in [-0.2, -0.15) is 0 Å². The highest BCUT2D eigenvalue weighted by molar-refractivity contribution is 6.12. The molecule has 1 aromatic rings. The summed E-state index contributed by atoms with van der Waals surface area (Å²) < 4.78 is 8.42. The summed E-state index contributed by atoms with van der Waals surface area (Å²) in [7, 11) is 7.90. The predicted octanol–water partition coefficient (Wildman–Crippen LogP) is 4.92. The van der Waals surface area contributed by atoms with Gasteiger partial charge in [0, 0.05) is 60.8 Å². The molecule has 3 N–H and O–H groups in total. The predicted molar refractivity (Wildman–Crippen MR) is 158 cm³/mol. The van der Waals surface area contributed by atoms with Crippen LogP contribution in [0.4, 0.5) is 5.69 Å². The maximum absolute atomic E-state index is 13.1. The summed E-state index contributed by atoms with van der Waals surface area (Å²) >= 11 is 0. The first-order valence-corrected chi connectivity index (χ1v) is 13.8. The van der Waals surface area contributed by atoms with E-state index in [-0.39, 0.29) is 17.3 Å². The molecule has 1 aliphatic heterocycles. The van der Waals surface area contributed by atoms with Gasteiger partial charge in [-0.25, -0.2) is 9.37 Å². The molecule has 0 radical (unpaired) electrons. The van der Waals surface area contributed by atoms with Gasteiger partial charge in [-0.15, -0.1) is 0 Å². The number of aliphatic carboxylic acids is 1. The van der Waals surface area contributed by atoms with Crippen LogP contribution >= 0.6 is 0 Å². The molecule has 0 saturated carbocycles. The highest BCUT2D eigenvalue weighted by atomic mass is 16.4. The minimum atomic E-state index is -0.993. The number of rotatable bonds is 10. The van der Waals surface area contributed by atoms with Crippen molar-refractivity contribution in [2.75, 3.05) is 39.6 Å². The number of unbranched alkanes of at least 4 members (excludes halogenated alkanes) is 3. The minimum absolute atomic E-state index is 0.199. The molecule has 0 bridgehead atoms. The van der Waals surface area contributed by atoms with E-state index in [1.807, 2.05) is 80.1 Å². The Labute approximate surface area is 230 Å². The van der Waals surface area contributed by atoms with Crippen molar-refractivity contribution in [2.24, 2.45) is 11.7 Å². The first kappa shape index (κ1) is 28.3. The quantitative estimate of drug-likeness (QED) is 0.219. The number of carboxylic acid groups (broad SMARTS) is 1. The van der Waals surface area contributed by atoms with Crippen molar-refractivity contribution < 1.29 is 19.1 Å². The SMILES string of the molecule is CN(C)c1ccc2c(C3=CCC(C(=O)CCCCCCN)CC=C3C(=O)O)c3ccc(=[N+](C)C)cc-3oc2c1. The monoisotopic (exact) mass is 530 g/mol.